The number of nitro groups is 1. The molecule has 3 aromatic rings. The molecule has 0 saturated carbocycles. The van der Waals surface area contributed by atoms with Gasteiger partial charge in [-0.3, -0.25) is 14.9 Å². The molecule has 0 aliphatic carbocycles. The topological polar surface area (TPSA) is 81.5 Å². The van der Waals surface area contributed by atoms with Crippen LogP contribution in [-0.4, -0.2) is 16.4 Å². The van der Waals surface area contributed by atoms with E-state index in [1.54, 1.807) is 62.4 Å². The molecule has 0 bridgehead atoms. The molecule has 1 N–H and O–H groups in total. The molecule has 1 amide bonds. The summed E-state index contributed by atoms with van der Waals surface area (Å²) in [6.45, 7) is 3.33. The number of hydrogen-bond acceptors (Lipinski definition) is 4. The fourth-order valence-electron chi connectivity index (χ4n) is 2.65. The van der Waals surface area contributed by atoms with Crippen LogP contribution in [0.15, 0.2) is 72.8 Å². The van der Waals surface area contributed by atoms with Gasteiger partial charge >= 0.3 is 0 Å². The Morgan fingerprint density at radius 2 is 1.52 bits per heavy atom. The van der Waals surface area contributed by atoms with Crippen molar-refractivity contribution in [1.29, 1.82) is 0 Å². The normalized spacial score (nSPS) is 11.0. The predicted octanol–water partition coefficient (Wildman–Crippen LogP) is 5.71. The zero-order chi connectivity index (χ0) is 21.0. The first-order valence-corrected chi connectivity index (χ1v) is 9.24. The molecule has 0 atom stereocenters. The molecule has 0 aromatic heterocycles. The highest BCUT2D eigenvalue weighted by Gasteiger charge is 2.30. The van der Waals surface area contributed by atoms with E-state index in [4.69, 9.17) is 16.3 Å². The predicted molar refractivity (Wildman–Crippen MR) is 113 cm³/mol. The smallest absolute Gasteiger partial charge is 0.269 e. The van der Waals surface area contributed by atoms with E-state index in [0.717, 1.165) is 11.1 Å². The van der Waals surface area contributed by atoms with Gasteiger partial charge < -0.3 is 10.1 Å². The SMILES string of the molecule is CC(C)(Oc1ccccc1Cl)C(=O)Nc1ccc(-c2ccc([N+](=O)[O-])cc2)cc1. The first-order valence-electron chi connectivity index (χ1n) is 8.86. The number of halogens is 1. The number of carbonyl (C=O) groups is 1. The van der Waals surface area contributed by atoms with E-state index < -0.39 is 10.5 Å². The van der Waals surface area contributed by atoms with Crippen molar-refractivity contribution >= 4 is 28.9 Å². The molecule has 0 fully saturated rings. The molecular formula is C22H19ClN2O4. The molecule has 0 heterocycles. The summed E-state index contributed by atoms with van der Waals surface area (Å²) < 4.78 is 5.79. The molecule has 7 heteroatoms. The molecule has 0 spiro atoms. The number of nitrogens with one attached hydrogen (secondary N) is 1. The lowest BCUT2D eigenvalue weighted by atomic mass is 10.0. The molecule has 0 unspecified atom stereocenters. The molecule has 0 radical (unpaired) electrons. The fraction of sp³-hybridized carbons (Fsp3) is 0.136. The molecular weight excluding hydrogens is 392 g/mol. The van der Waals surface area contributed by atoms with Crippen molar-refractivity contribution in [3.05, 3.63) is 87.9 Å². The lowest BCUT2D eigenvalue weighted by Gasteiger charge is -2.25. The Balaban J connectivity index is 1.69. The van der Waals surface area contributed by atoms with Gasteiger partial charge in [0.15, 0.2) is 5.60 Å². The van der Waals surface area contributed by atoms with E-state index in [-0.39, 0.29) is 11.6 Å². The highest BCUT2D eigenvalue weighted by atomic mass is 35.5. The third-order valence-electron chi connectivity index (χ3n) is 4.30. The largest absolute Gasteiger partial charge is 0.476 e. The number of hydrogen-bond donors (Lipinski definition) is 1. The van der Waals surface area contributed by atoms with Gasteiger partial charge in [-0.2, -0.15) is 0 Å². The van der Waals surface area contributed by atoms with Crippen molar-refractivity contribution in [3.63, 3.8) is 0 Å². The molecule has 3 aromatic carbocycles. The van der Waals surface area contributed by atoms with Crippen LogP contribution in [0.3, 0.4) is 0 Å². The minimum atomic E-state index is -1.14. The lowest BCUT2D eigenvalue weighted by molar-refractivity contribution is -0.384. The standard InChI is InChI=1S/C22H19ClN2O4/c1-22(2,29-20-6-4-3-5-19(20)23)21(26)24-17-11-7-15(8-12-17)16-9-13-18(14-10-16)25(27)28/h3-14H,1-2H3,(H,24,26). The molecule has 6 nitrogen and oxygen atoms in total. The number of benzene rings is 3. The van der Waals surface area contributed by atoms with Crippen molar-refractivity contribution in [2.75, 3.05) is 5.32 Å². The van der Waals surface area contributed by atoms with Crippen molar-refractivity contribution in [2.24, 2.45) is 0 Å². The van der Waals surface area contributed by atoms with Gasteiger partial charge in [0.05, 0.1) is 9.95 Å². The zero-order valence-corrected chi connectivity index (χ0v) is 16.6. The monoisotopic (exact) mass is 410 g/mol. The van der Waals surface area contributed by atoms with Gasteiger partial charge in [0.2, 0.25) is 0 Å². The van der Waals surface area contributed by atoms with Gasteiger partial charge in [-0.1, -0.05) is 35.9 Å². The first kappa shape index (κ1) is 20.4. The second-order valence-electron chi connectivity index (χ2n) is 6.88. The number of nitrogens with zero attached hydrogens (tertiary/aromatic N) is 1. The summed E-state index contributed by atoms with van der Waals surface area (Å²) in [5.41, 5.74) is 1.23. The van der Waals surface area contributed by atoms with Crippen molar-refractivity contribution < 1.29 is 14.5 Å². The van der Waals surface area contributed by atoms with E-state index in [9.17, 15) is 14.9 Å². The van der Waals surface area contributed by atoms with Gasteiger partial charge in [-0.15, -0.1) is 0 Å². The van der Waals surface area contributed by atoms with Gasteiger partial charge in [0.1, 0.15) is 5.75 Å². The second-order valence-corrected chi connectivity index (χ2v) is 7.29. The van der Waals surface area contributed by atoms with Crippen molar-refractivity contribution in [3.8, 4) is 16.9 Å². The van der Waals surface area contributed by atoms with Crippen molar-refractivity contribution in [1.82, 2.24) is 0 Å². The number of nitro benzene ring substituents is 1. The van der Waals surface area contributed by atoms with Gasteiger partial charge in [-0.25, -0.2) is 0 Å². The Morgan fingerprint density at radius 3 is 2.07 bits per heavy atom. The fourth-order valence-corrected chi connectivity index (χ4v) is 2.83. The maximum Gasteiger partial charge on any atom is 0.269 e. The minimum Gasteiger partial charge on any atom is -0.476 e. The van der Waals surface area contributed by atoms with E-state index in [1.807, 2.05) is 12.1 Å². The molecule has 29 heavy (non-hydrogen) atoms. The van der Waals surface area contributed by atoms with E-state index in [2.05, 4.69) is 5.32 Å². The Morgan fingerprint density at radius 1 is 0.966 bits per heavy atom. The van der Waals surface area contributed by atoms with E-state index >= 15 is 0 Å². The molecule has 3 rings (SSSR count). The summed E-state index contributed by atoms with van der Waals surface area (Å²) in [7, 11) is 0. The Labute approximate surface area is 173 Å². The van der Waals surface area contributed by atoms with Crippen LogP contribution in [0.5, 0.6) is 5.75 Å². The maximum atomic E-state index is 12.7. The summed E-state index contributed by atoms with van der Waals surface area (Å²) >= 11 is 6.10. The quantitative estimate of drug-likeness (QED) is 0.416. The second kappa shape index (κ2) is 8.32. The number of rotatable bonds is 6. The average molecular weight is 411 g/mol. The third kappa shape index (κ3) is 4.92. The Bertz CT molecular complexity index is 1030. The van der Waals surface area contributed by atoms with Crippen LogP contribution in [0.4, 0.5) is 11.4 Å². The highest BCUT2D eigenvalue weighted by Crippen LogP contribution is 2.28. The Kier molecular flexibility index (Phi) is 5.84. The summed E-state index contributed by atoms with van der Waals surface area (Å²) in [6, 6.07) is 20.5. The van der Waals surface area contributed by atoms with Crippen LogP contribution >= 0.6 is 11.6 Å². The minimum absolute atomic E-state index is 0.0402. The van der Waals surface area contributed by atoms with Gasteiger partial charge in [0.25, 0.3) is 11.6 Å². The summed E-state index contributed by atoms with van der Waals surface area (Å²) in [5.74, 6) is 0.114. The zero-order valence-electron chi connectivity index (χ0n) is 15.9. The molecule has 0 saturated heterocycles. The van der Waals surface area contributed by atoms with Crippen LogP contribution in [-0.2, 0) is 4.79 Å². The van der Waals surface area contributed by atoms with Crippen LogP contribution in [0.2, 0.25) is 5.02 Å². The van der Waals surface area contributed by atoms with E-state index in [1.165, 1.54) is 12.1 Å². The van der Waals surface area contributed by atoms with E-state index in [0.29, 0.717) is 16.5 Å². The number of para-hydroxylation sites is 1. The highest BCUT2D eigenvalue weighted by molar-refractivity contribution is 6.32. The maximum absolute atomic E-state index is 12.7. The lowest BCUT2D eigenvalue weighted by Crippen LogP contribution is -2.42. The van der Waals surface area contributed by atoms with Crippen LogP contribution in [0, 0.1) is 10.1 Å². The number of anilines is 1. The number of ether oxygens (including phenoxy) is 1. The van der Waals surface area contributed by atoms with Crippen LogP contribution < -0.4 is 10.1 Å². The number of carbonyl (C=O) groups excluding carboxylic acids is 1. The third-order valence-corrected chi connectivity index (χ3v) is 4.62. The number of non-ortho nitro benzene ring substituents is 1. The molecule has 148 valence electrons. The first-order chi connectivity index (χ1) is 13.8. The van der Waals surface area contributed by atoms with Crippen LogP contribution in [0.1, 0.15) is 13.8 Å². The average Bonchev–Trinajstić information content (AvgIpc) is 2.70. The number of amides is 1. The summed E-state index contributed by atoms with van der Waals surface area (Å²) in [6.07, 6.45) is 0. The molecule has 0 aliphatic rings. The van der Waals surface area contributed by atoms with Crippen molar-refractivity contribution in [2.45, 2.75) is 19.4 Å². The van der Waals surface area contributed by atoms with Crippen LogP contribution in [0.25, 0.3) is 11.1 Å². The summed E-state index contributed by atoms with van der Waals surface area (Å²) in [4.78, 5) is 23.0. The molecule has 0 aliphatic heterocycles. The summed E-state index contributed by atoms with van der Waals surface area (Å²) in [5, 5.41) is 14.0. The van der Waals surface area contributed by atoms with Gasteiger partial charge in [-0.05, 0) is 61.4 Å². The van der Waals surface area contributed by atoms with Gasteiger partial charge in [0, 0.05) is 17.8 Å². The Hall–Kier alpha value is -3.38.